The van der Waals surface area contributed by atoms with E-state index < -0.39 is 0 Å². The van der Waals surface area contributed by atoms with E-state index in [0.717, 1.165) is 25.8 Å². The van der Waals surface area contributed by atoms with Crippen LogP contribution in [0.2, 0.25) is 0 Å². The van der Waals surface area contributed by atoms with Crippen LogP contribution in [-0.4, -0.2) is 35.8 Å². The molecule has 5 heteroatoms. The number of rotatable bonds is 5. The van der Waals surface area contributed by atoms with Crippen molar-refractivity contribution in [1.29, 1.82) is 0 Å². The lowest BCUT2D eigenvalue weighted by atomic mass is 10.0. The Bertz CT molecular complexity index is 771. The van der Waals surface area contributed by atoms with Gasteiger partial charge in [-0.05, 0) is 74.7 Å². The lowest BCUT2D eigenvalue weighted by Gasteiger charge is -2.33. The first-order valence-electron chi connectivity index (χ1n) is 8.87. The molecule has 2 aromatic rings. The summed E-state index contributed by atoms with van der Waals surface area (Å²) in [7, 11) is 0. The molecule has 2 aromatic carbocycles. The molecule has 0 N–H and O–H groups in total. The van der Waals surface area contributed by atoms with Gasteiger partial charge in [-0.1, -0.05) is 0 Å². The number of ketones is 1. The number of carbonyl (C=O) groups is 2. The minimum absolute atomic E-state index is 0.00437. The first-order chi connectivity index (χ1) is 12.5. The van der Waals surface area contributed by atoms with Crippen LogP contribution in [0.5, 0.6) is 5.75 Å². The molecule has 136 valence electrons. The predicted octanol–water partition coefficient (Wildman–Crippen LogP) is 3.84. The highest BCUT2D eigenvalue weighted by Gasteiger charge is 2.23. The van der Waals surface area contributed by atoms with E-state index in [1.165, 1.54) is 24.3 Å². The fourth-order valence-corrected chi connectivity index (χ4v) is 3.17. The minimum atomic E-state index is -0.377. The van der Waals surface area contributed by atoms with Gasteiger partial charge in [-0.25, -0.2) is 4.39 Å². The molecular formula is C21H22FNO3. The first-order valence-corrected chi connectivity index (χ1v) is 8.87. The number of halogens is 1. The number of amides is 1. The molecule has 1 aliphatic rings. The Hall–Kier alpha value is -2.69. The second-order valence-corrected chi connectivity index (χ2v) is 6.58. The maximum absolute atomic E-state index is 13.0. The number of likely N-dealkylation sites (tertiary alicyclic amines) is 1. The van der Waals surface area contributed by atoms with Gasteiger partial charge in [0.2, 0.25) is 0 Å². The van der Waals surface area contributed by atoms with Crippen LogP contribution in [0.1, 0.15) is 42.1 Å². The molecule has 0 aromatic heterocycles. The minimum Gasteiger partial charge on any atom is -0.484 e. The molecule has 26 heavy (non-hydrogen) atoms. The van der Waals surface area contributed by atoms with E-state index in [1.54, 1.807) is 24.3 Å². The maximum atomic E-state index is 13.0. The highest BCUT2D eigenvalue weighted by atomic mass is 19.1. The highest BCUT2D eigenvalue weighted by molar-refractivity contribution is 6.09. The van der Waals surface area contributed by atoms with Crippen LogP contribution in [0.15, 0.2) is 48.5 Å². The summed E-state index contributed by atoms with van der Waals surface area (Å²) in [4.78, 5) is 26.5. The van der Waals surface area contributed by atoms with Crippen molar-refractivity contribution in [3.05, 3.63) is 65.5 Å². The summed E-state index contributed by atoms with van der Waals surface area (Å²) in [5.74, 6) is -0.0323. The van der Waals surface area contributed by atoms with E-state index in [9.17, 15) is 14.0 Å². The topological polar surface area (TPSA) is 46.6 Å². The molecule has 0 spiro atoms. The summed E-state index contributed by atoms with van der Waals surface area (Å²) in [5, 5.41) is 0. The number of nitrogens with zero attached hydrogens (tertiary/aromatic N) is 1. The summed E-state index contributed by atoms with van der Waals surface area (Å²) in [5.41, 5.74) is 0.911. The van der Waals surface area contributed by atoms with Crippen molar-refractivity contribution < 1.29 is 18.7 Å². The van der Waals surface area contributed by atoms with Gasteiger partial charge in [0.05, 0.1) is 0 Å². The molecule has 1 amide bonds. The predicted molar refractivity (Wildman–Crippen MR) is 96.8 cm³/mol. The molecule has 1 aliphatic heterocycles. The van der Waals surface area contributed by atoms with Crippen molar-refractivity contribution in [2.24, 2.45) is 0 Å². The molecule has 0 saturated carbocycles. The Labute approximate surface area is 152 Å². The average molecular weight is 355 g/mol. The summed E-state index contributed by atoms with van der Waals surface area (Å²) in [6.07, 6.45) is 3.23. The van der Waals surface area contributed by atoms with E-state index >= 15 is 0 Å². The Morgan fingerprint density at radius 1 is 1.04 bits per heavy atom. The molecular weight excluding hydrogens is 333 g/mol. The van der Waals surface area contributed by atoms with Crippen LogP contribution < -0.4 is 4.74 Å². The van der Waals surface area contributed by atoms with Crippen molar-refractivity contribution in [3.8, 4) is 5.75 Å². The summed E-state index contributed by atoms with van der Waals surface area (Å²) in [6, 6.07) is 12.3. The van der Waals surface area contributed by atoms with Crippen LogP contribution in [0, 0.1) is 5.82 Å². The zero-order valence-corrected chi connectivity index (χ0v) is 14.8. The van der Waals surface area contributed by atoms with Crippen LogP contribution in [0.25, 0.3) is 0 Å². The lowest BCUT2D eigenvalue weighted by molar-refractivity contribution is -0.136. The molecule has 0 radical (unpaired) electrons. The second-order valence-electron chi connectivity index (χ2n) is 6.58. The van der Waals surface area contributed by atoms with Crippen LogP contribution in [0.4, 0.5) is 4.39 Å². The van der Waals surface area contributed by atoms with E-state index in [2.05, 4.69) is 6.92 Å². The number of benzene rings is 2. The zero-order valence-electron chi connectivity index (χ0n) is 14.8. The molecule has 1 heterocycles. The quantitative estimate of drug-likeness (QED) is 0.766. The largest absolute Gasteiger partial charge is 0.484 e. The zero-order chi connectivity index (χ0) is 18.5. The van der Waals surface area contributed by atoms with Crippen LogP contribution in [-0.2, 0) is 4.79 Å². The average Bonchev–Trinajstić information content (AvgIpc) is 2.67. The number of hydrogen-bond acceptors (Lipinski definition) is 3. The van der Waals surface area contributed by atoms with Crippen molar-refractivity contribution in [1.82, 2.24) is 4.90 Å². The number of hydrogen-bond donors (Lipinski definition) is 0. The number of ether oxygens (including phenoxy) is 1. The normalized spacial score (nSPS) is 17.0. The van der Waals surface area contributed by atoms with Gasteiger partial charge in [0.25, 0.3) is 5.91 Å². The Morgan fingerprint density at radius 3 is 2.27 bits per heavy atom. The Morgan fingerprint density at radius 2 is 1.65 bits per heavy atom. The Kier molecular flexibility index (Phi) is 5.66. The summed E-state index contributed by atoms with van der Waals surface area (Å²) >= 11 is 0. The summed E-state index contributed by atoms with van der Waals surface area (Å²) < 4.78 is 18.5. The third-order valence-corrected chi connectivity index (χ3v) is 4.71. The van der Waals surface area contributed by atoms with E-state index in [1.807, 2.05) is 4.90 Å². The smallest absolute Gasteiger partial charge is 0.260 e. The molecule has 0 bridgehead atoms. The monoisotopic (exact) mass is 355 g/mol. The first kappa shape index (κ1) is 18.1. The third-order valence-electron chi connectivity index (χ3n) is 4.71. The fourth-order valence-electron chi connectivity index (χ4n) is 3.17. The van der Waals surface area contributed by atoms with Crippen LogP contribution >= 0.6 is 0 Å². The third kappa shape index (κ3) is 4.28. The SMILES string of the molecule is C[C@H]1CCCCN1C(=O)COc1ccc(C(=O)c2ccc(F)cc2)cc1. The Balaban J connectivity index is 1.58. The van der Waals surface area contributed by atoms with Gasteiger partial charge >= 0.3 is 0 Å². The lowest BCUT2D eigenvalue weighted by Crippen LogP contribution is -2.44. The van der Waals surface area contributed by atoms with Crippen molar-refractivity contribution >= 4 is 11.7 Å². The van der Waals surface area contributed by atoms with Crippen LogP contribution in [0.3, 0.4) is 0 Å². The standard InChI is InChI=1S/C21H22FNO3/c1-15-4-2-3-13-23(15)20(24)14-26-19-11-7-17(8-12-19)21(25)16-5-9-18(22)10-6-16/h5-12,15H,2-4,13-14H2,1H3/t15-/m0/s1. The molecule has 0 aliphatic carbocycles. The molecule has 1 fully saturated rings. The molecule has 3 rings (SSSR count). The van der Waals surface area contributed by atoms with Crippen molar-refractivity contribution in [3.63, 3.8) is 0 Å². The van der Waals surface area contributed by atoms with Crippen molar-refractivity contribution in [2.45, 2.75) is 32.2 Å². The second kappa shape index (κ2) is 8.13. The number of piperidine rings is 1. The van der Waals surface area contributed by atoms with Gasteiger partial charge in [0.15, 0.2) is 12.4 Å². The van der Waals surface area contributed by atoms with E-state index in [-0.39, 0.29) is 30.2 Å². The number of carbonyl (C=O) groups excluding carboxylic acids is 2. The van der Waals surface area contributed by atoms with E-state index in [0.29, 0.717) is 16.9 Å². The van der Waals surface area contributed by atoms with Gasteiger partial charge < -0.3 is 9.64 Å². The van der Waals surface area contributed by atoms with Gasteiger partial charge in [-0.3, -0.25) is 9.59 Å². The van der Waals surface area contributed by atoms with Gasteiger partial charge in [-0.15, -0.1) is 0 Å². The van der Waals surface area contributed by atoms with E-state index in [4.69, 9.17) is 4.74 Å². The van der Waals surface area contributed by atoms with Gasteiger partial charge in [0.1, 0.15) is 11.6 Å². The van der Waals surface area contributed by atoms with Gasteiger partial charge in [-0.2, -0.15) is 0 Å². The molecule has 4 nitrogen and oxygen atoms in total. The van der Waals surface area contributed by atoms with Gasteiger partial charge in [0, 0.05) is 23.7 Å². The fraction of sp³-hybridized carbons (Fsp3) is 0.333. The summed E-state index contributed by atoms with van der Waals surface area (Å²) in [6.45, 7) is 2.84. The molecule has 1 saturated heterocycles. The van der Waals surface area contributed by atoms with Crippen molar-refractivity contribution in [2.75, 3.05) is 13.2 Å². The maximum Gasteiger partial charge on any atom is 0.260 e. The highest BCUT2D eigenvalue weighted by Crippen LogP contribution is 2.18. The molecule has 0 unspecified atom stereocenters. The molecule has 1 atom stereocenters.